The number of nitrogens with zero attached hydrogens (tertiary/aromatic N) is 1. The summed E-state index contributed by atoms with van der Waals surface area (Å²) in [5.41, 5.74) is 1.09. The smallest absolute Gasteiger partial charge is 0.276 e. The average Bonchev–Trinajstić information content (AvgIpc) is 2.95. The summed E-state index contributed by atoms with van der Waals surface area (Å²) in [7, 11) is -2.05. The van der Waals surface area contributed by atoms with E-state index in [1.54, 1.807) is 13.1 Å². The van der Waals surface area contributed by atoms with E-state index in [4.69, 9.17) is 16.0 Å². The number of furan rings is 1. The molecule has 0 unspecified atom stereocenters. The monoisotopic (exact) mass is 313 g/mol. The van der Waals surface area contributed by atoms with E-state index in [0.717, 1.165) is 5.56 Å². The summed E-state index contributed by atoms with van der Waals surface area (Å²) in [4.78, 5) is 0. The van der Waals surface area contributed by atoms with Crippen molar-refractivity contribution in [2.24, 2.45) is 0 Å². The zero-order valence-corrected chi connectivity index (χ0v) is 12.7. The normalized spacial score (nSPS) is 11.9. The molecule has 0 amide bonds. The van der Waals surface area contributed by atoms with Crippen molar-refractivity contribution in [3.05, 3.63) is 53.8 Å². The molecule has 0 N–H and O–H groups in total. The highest BCUT2D eigenvalue weighted by Crippen LogP contribution is 2.19. The molecule has 0 radical (unpaired) electrons. The molecule has 1 aromatic heterocycles. The molecular weight excluding hydrogens is 298 g/mol. The van der Waals surface area contributed by atoms with Crippen LogP contribution in [0.1, 0.15) is 11.3 Å². The van der Waals surface area contributed by atoms with Gasteiger partial charge in [-0.2, -0.15) is 4.31 Å². The topological polar surface area (TPSA) is 50.5 Å². The van der Waals surface area contributed by atoms with Gasteiger partial charge in [-0.25, -0.2) is 8.42 Å². The van der Waals surface area contributed by atoms with Crippen LogP contribution in [-0.2, 0) is 22.3 Å². The van der Waals surface area contributed by atoms with Gasteiger partial charge in [0, 0.05) is 13.6 Å². The Labute approximate surface area is 124 Å². The van der Waals surface area contributed by atoms with Gasteiger partial charge in [-0.15, -0.1) is 11.6 Å². The summed E-state index contributed by atoms with van der Waals surface area (Å²) in [6.07, 6.45) is 0.652. The van der Waals surface area contributed by atoms with Gasteiger partial charge in [0.25, 0.3) is 10.0 Å². The molecule has 2 aromatic rings. The third kappa shape index (κ3) is 3.42. The molecule has 1 heterocycles. The molecule has 0 aliphatic carbocycles. The molecule has 0 aliphatic heterocycles. The van der Waals surface area contributed by atoms with Gasteiger partial charge in [0.05, 0.1) is 5.88 Å². The van der Waals surface area contributed by atoms with E-state index < -0.39 is 10.0 Å². The highest BCUT2D eigenvalue weighted by Gasteiger charge is 2.24. The molecule has 0 bridgehead atoms. The lowest BCUT2D eigenvalue weighted by atomic mass is 10.2. The number of benzene rings is 1. The maximum Gasteiger partial charge on any atom is 0.276 e. The van der Waals surface area contributed by atoms with E-state index in [0.29, 0.717) is 18.7 Å². The minimum atomic E-state index is -3.59. The van der Waals surface area contributed by atoms with Crippen molar-refractivity contribution in [2.45, 2.75) is 17.4 Å². The van der Waals surface area contributed by atoms with Gasteiger partial charge in [0.15, 0.2) is 0 Å². The Hall–Kier alpha value is -1.30. The fraction of sp³-hybridized carbons (Fsp3) is 0.286. The molecule has 1 aromatic carbocycles. The first-order valence-electron chi connectivity index (χ1n) is 6.19. The van der Waals surface area contributed by atoms with E-state index in [-0.39, 0.29) is 11.0 Å². The van der Waals surface area contributed by atoms with Gasteiger partial charge >= 0.3 is 0 Å². The second kappa shape index (κ2) is 6.43. The first-order chi connectivity index (χ1) is 9.54. The molecule has 20 heavy (non-hydrogen) atoms. The average molecular weight is 314 g/mol. The van der Waals surface area contributed by atoms with Crippen molar-refractivity contribution in [1.82, 2.24) is 4.31 Å². The Bertz CT molecular complexity index is 652. The molecule has 0 saturated heterocycles. The lowest BCUT2D eigenvalue weighted by Gasteiger charge is -2.15. The second-order valence-corrected chi connectivity index (χ2v) is 6.66. The Morgan fingerprint density at radius 1 is 1.15 bits per heavy atom. The van der Waals surface area contributed by atoms with Gasteiger partial charge in [-0.1, -0.05) is 30.3 Å². The number of likely N-dealkylation sites (N-methyl/N-ethyl adjacent to an activating group) is 1. The standard InChI is InChI=1S/C14H16ClNO3S/c1-16(10-9-12-5-3-2-4-6-12)20(17,18)14-8-7-13(11-15)19-14/h2-8H,9-11H2,1H3. The van der Waals surface area contributed by atoms with Crippen LogP contribution >= 0.6 is 11.6 Å². The zero-order chi connectivity index (χ0) is 14.6. The van der Waals surface area contributed by atoms with E-state index in [1.807, 2.05) is 30.3 Å². The Morgan fingerprint density at radius 3 is 2.45 bits per heavy atom. The van der Waals surface area contributed by atoms with Gasteiger partial charge in [-0.05, 0) is 24.1 Å². The molecule has 108 valence electrons. The highest BCUT2D eigenvalue weighted by molar-refractivity contribution is 7.89. The fourth-order valence-electron chi connectivity index (χ4n) is 1.77. The van der Waals surface area contributed by atoms with Crippen molar-refractivity contribution in [3.63, 3.8) is 0 Å². The van der Waals surface area contributed by atoms with E-state index in [1.165, 1.54) is 10.4 Å². The van der Waals surface area contributed by atoms with Crippen molar-refractivity contribution in [2.75, 3.05) is 13.6 Å². The van der Waals surface area contributed by atoms with E-state index in [9.17, 15) is 8.42 Å². The van der Waals surface area contributed by atoms with Crippen LogP contribution in [0.3, 0.4) is 0 Å². The maximum atomic E-state index is 12.3. The lowest BCUT2D eigenvalue weighted by Crippen LogP contribution is -2.28. The first kappa shape index (κ1) is 15.1. The molecule has 0 saturated carbocycles. The van der Waals surface area contributed by atoms with Crippen LogP contribution in [0.5, 0.6) is 0 Å². The van der Waals surface area contributed by atoms with Crippen LogP contribution in [0.15, 0.2) is 52.0 Å². The summed E-state index contributed by atoms with van der Waals surface area (Å²) in [6, 6.07) is 12.8. The van der Waals surface area contributed by atoms with Crippen molar-refractivity contribution >= 4 is 21.6 Å². The van der Waals surface area contributed by atoms with Crippen LogP contribution in [0.4, 0.5) is 0 Å². The number of halogens is 1. The van der Waals surface area contributed by atoms with Crippen molar-refractivity contribution in [1.29, 1.82) is 0 Å². The van der Waals surface area contributed by atoms with Gasteiger partial charge < -0.3 is 4.42 Å². The predicted octanol–water partition coefficient (Wildman–Crippen LogP) is 2.88. The second-order valence-electron chi connectivity index (χ2n) is 4.42. The van der Waals surface area contributed by atoms with Crippen LogP contribution < -0.4 is 0 Å². The summed E-state index contributed by atoms with van der Waals surface area (Å²) in [5.74, 6) is 0.602. The first-order valence-corrected chi connectivity index (χ1v) is 8.16. The van der Waals surface area contributed by atoms with Crippen molar-refractivity contribution in [3.8, 4) is 0 Å². The summed E-state index contributed by atoms with van der Waals surface area (Å²) >= 11 is 5.61. The molecular formula is C14H16ClNO3S. The largest absolute Gasteiger partial charge is 0.447 e. The fourth-order valence-corrected chi connectivity index (χ4v) is 3.01. The van der Waals surface area contributed by atoms with Gasteiger partial charge in [0.2, 0.25) is 5.09 Å². The van der Waals surface area contributed by atoms with Crippen molar-refractivity contribution < 1.29 is 12.8 Å². The molecule has 2 rings (SSSR count). The zero-order valence-electron chi connectivity index (χ0n) is 11.1. The van der Waals surface area contributed by atoms with E-state index in [2.05, 4.69) is 0 Å². The number of sulfonamides is 1. The summed E-state index contributed by atoms with van der Waals surface area (Å²) in [6.45, 7) is 0.392. The molecule has 0 fully saturated rings. The molecule has 0 spiro atoms. The third-order valence-corrected chi connectivity index (χ3v) is 4.99. The molecule has 0 atom stereocenters. The Balaban J connectivity index is 2.05. The Kier molecular flexibility index (Phi) is 4.86. The van der Waals surface area contributed by atoms with Crippen LogP contribution in [0.25, 0.3) is 0 Å². The molecule has 4 nitrogen and oxygen atoms in total. The maximum absolute atomic E-state index is 12.3. The number of hydrogen-bond acceptors (Lipinski definition) is 3. The Morgan fingerprint density at radius 2 is 1.85 bits per heavy atom. The van der Waals surface area contributed by atoms with Gasteiger partial charge in [-0.3, -0.25) is 0 Å². The number of rotatable bonds is 6. The number of alkyl halides is 1. The number of hydrogen-bond donors (Lipinski definition) is 0. The molecule has 0 aliphatic rings. The quantitative estimate of drug-likeness (QED) is 0.771. The van der Waals surface area contributed by atoms with Crippen LogP contribution in [0, 0.1) is 0 Å². The SMILES string of the molecule is CN(CCc1ccccc1)S(=O)(=O)c1ccc(CCl)o1. The molecule has 6 heteroatoms. The van der Waals surface area contributed by atoms with Crippen LogP contribution in [0.2, 0.25) is 0 Å². The highest BCUT2D eigenvalue weighted by atomic mass is 35.5. The minimum Gasteiger partial charge on any atom is -0.447 e. The predicted molar refractivity (Wildman–Crippen MR) is 78.2 cm³/mol. The summed E-state index contributed by atoms with van der Waals surface area (Å²) in [5, 5.41) is -0.0660. The minimum absolute atomic E-state index is 0.0660. The van der Waals surface area contributed by atoms with Crippen LogP contribution in [-0.4, -0.2) is 26.3 Å². The lowest BCUT2D eigenvalue weighted by molar-refractivity contribution is 0.396. The third-order valence-electron chi connectivity index (χ3n) is 2.99. The van der Waals surface area contributed by atoms with E-state index >= 15 is 0 Å². The van der Waals surface area contributed by atoms with Gasteiger partial charge in [0.1, 0.15) is 5.76 Å². The summed E-state index contributed by atoms with van der Waals surface area (Å²) < 4.78 is 31.0.